The molecule has 0 radical (unpaired) electrons. The molecule has 208 valence electrons. The normalized spacial score (nSPS) is 12.5. The van der Waals surface area contributed by atoms with Crippen molar-refractivity contribution >= 4 is 39.1 Å². The number of sulfonamides is 1. The van der Waals surface area contributed by atoms with E-state index in [4.69, 9.17) is 11.6 Å². The number of carbonyl (C=O) groups is 2. The number of benzene rings is 3. The van der Waals surface area contributed by atoms with Crippen LogP contribution < -0.4 is 9.62 Å². The highest BCUT2D eigenvalue weighted by Gasteiger charge is 2.33. The molecular formula is C30H36ClN3O4S. The molecule has 0 aliphatic carbocycles. The summed E-state index contributed by atoms with van der Waals surface area (Å²) in [5, 5.41) is 3.46. The van der Waals surface area contributed by atoms with Gasteiger partial charge < -0.3 is 10.2 Å². The molecule has 39 heavy (non-hydrogen) atoms. The average molecular weight is 570 g/mol. The topological polar surface area (TPSA) is 86.8 Å². The molecule has 3 aromatic rings. The predicted molar refractivity (Wildman–Crippen MR) is 156 cm³/mol. The van der Waals surface area contributed by atoms with Crippen molar-refractivity contribution in [1.82, 2.24) is 10.2 Å². The molecule has 0 aliphatic heterocycles. The molecule has 0 aromatic heterocycles. The van der Waals surface area contributed by atoms with Gasteiger partial charge in [0.05, 0.1) is 10.6 Å². The van der Waals surface area contributed by atoms with Crippen LogP contribution in [0.5, 0.6) is 0 Å². The number of carbonyl (C=O) groups excluding carboxylic acids is 2. The molecule has 0 saturated carbocycles. The quantitative estimate of drug-likeness (QED) is 0.369. The highest BCUT2D eigenvalue weighted by Crippen LogP contribution is 2.25. The minimum absolute atomic E-state index is 0.0734. The maximum Gasteiger partial charge on any atom is 0.264 e. The molecule has 0 heterocycles. The zero-order chi connectivity index (χ0) is 29.0. The van der Waals surface area contributed by atoms with Crippen molar-refractivity contribution in [2.75, 3.05) is 10.8 Å². The largest absolute Gasteiger partial charge is 0.350 e. The average Bonchev–Trinajstić information content (AvgIpc) is 2.86. The molecule has 7 nitrogen and oxygen atoms in total. The van der Waals surface area contributed by atoms with Crippen molar-refractivity contribution in [2.45, 2.75) is 64.6 Å². The van der Waals surface area contributed by atoms with Gasteiger partial charge in [0.15, 0.2) is 0 Å². The first kappa shape index (κ1) is 30.2. The zero-order valence-corrected chi connectivity index (χ0v) is 24.8. The Kier molecular flexibility index (Phi) is 9.46. The third-order valence-corrected chi connectivity index (χ3v) is 8.18. The Morgan fingerprint density at radius 2 is 1.38 bits per heavy atom. The summed E-state index contributed by atoms with van der Waals surface area (Å²) >= 11 is 6.04. The van der Waals surface area contributed by atoms with E-state index >= 15 is 0 Å². The molecule has 2 amide bonds. The Balaban J connectivity index is 2.02. The molecule has 0 bridgehead atoms. The lowest BCUT2D eigenvalue weighted by Crippen LogP contribution is -2.54. The second-order valence-electron chi connectivity index (χ2n) is 10.7. The summed E-state index contributed by atoms with van der Waals surface area (Å²) in [6, 6.07) is 19.5. The van der Waals surface area contributed by atoms with Crippen LogP contribution in [0.2, 0.25) is 5.02 Å². The van der Waals surface area contributed by atoms with Crippen molar-refractivity contribution in [3.05, 3.63) is 94.5 Å². The fourth-order valence-electron chi connectivity index (χ4n) is 3.92. The van der Waals surface area contributed by atoms with Crippen molar-refractivity contribution in [3.63, 3.8) is 0 Å². The van der Waals surface area contributed by atoms with E-state index in [-0.39, 0.29) is 17.3 Å². The Morgan fingerprint density at radius 1 is 0.872 bits per heavy atom. The molecule has 0 fully saturated rings. The Bertz CT molecular complexity index is 1400. The van der Waals surface area contributed by atoms with Gasteiger partial charge in [0.1, 0.15) is 12.6 Å². The van der Waals surface area contributed by atoms with Crippen molar-refractivity contribution in [2.24, 2.45) is 0 Å². The van der Waals surface area contributed by atoms with Crippen molar-refractivity contribution < 1.29 is 18.0 Å². The van der Waals surface area contributed by atoms with Gasteiger partial charge in [0, 0.05) is 17.1 Å². The van der Waals surface area contributed by atoms with E-state index in [1.165, 1.54) is 17.0 Å². The number of nitrogens with one attached hydrogen (secondary N) is 1. The molecule has 0 unspecified atom stereocenters. The van der Waals surface area contributed by atoms with Gasteiger partial charge in [-0.05, 0) is 83.5 Å². The van der Waals surface area contributed by atoms with Crippen LogP contribution in [0.3, 0.4) is 0 Å². The summed E-state index contributed by atoms with van der Waals surface area (Å²) in [7, 11) is -4.10. The first-order chi connectivity index (χ1) is 18.2. The van der Waals surface area contributed by atoms with Crippen LogP contribution in [0.25, 0.3) is 0 Å². The molecule has 1 atom stereocenters. The third kappa shape index (κ3) is 8.07. The van der Waals surface area contributed by atoms with E-state index in [2.05, 4.69) is 5.32 Å². The molecule has 0 aliphatic rings. The summed E-state index contributed by atoms with van der Waals surface area (Å²) in [5.41, 5.74) is 2.47. The Labute approximate surface area is 236 Å². The van der Waals surface area contributed by atoms with Crippen LogP contribution in [-0.4, -0.2) is 43.3 Å². The highest BCUT2D eigenvalue weighted by atomic mass is 35.5. The van der Waals surface area contributed by atoms with Gasteiger partial charge in [-0.2, -0.15) is 0 Å². The first-order valence-electron chi connectivity index (χ1n) is 12.7. The number of amides is 2. The van der Waals surface area contributed by atoms with Crippen LogP contribution in [0.15, 0.2) is 77.7 Å². The number of nitrogens with zero attached hydrogens (tertiary/aromatic N) is 2. The molecule has 9 heteroatoms. The Morgan fingerprint density at radius 3 is 1.90 bits per heavy atom. The van der Waals surface area contributed by atoms with E-state index in [1.807, 2.05) is 34.6 Å². The Hall–Kier alpha value is -3.36. The molecular weight excluding hydrogens is 534 g/mol. The summed E-state index contributed by atoms with van der Waals surface area (Å²) in [6.45, 7) is 10.6. The van der Waals surface area contributed by atoms with Gasteiger partial charge in [-0.15, -0.1) is 0 Å². The van der Waals surface area contributed by atoms with E-state index in [1.54, 1.807) is 67.6 Å². The number of halogens is 1. The van der Waals surface area contributed by atoms with E-state index in [0.29, 0.717) is 10.7 Å². The smallest absolute Gasteiger partial charge is 0.264 e. The number of hydrogen-bond acceptors (Lipinski definition) is 4. The van der Waals surface area contributed by atoms with Gasteiger partial charge in [0.2, 0.25) is 11.8 Å². The lowest BCUT2D eigenvalue weighted by Gasteiger charge is -2.33. The second-order valence-corrected chi connectivity index (χ2v) is 13.0. The van der Waals surface area contributed by atoms with E-state index < -0.39 is 34.1 Å². The minimum atomic E-state index is -4.10. The molecule has 1 N–H and O–H groups in total. The summed E-state index contributed by atoms with van der Waals surface area (Å²) in [6.07, 6.45) is 0. The van der Waals surface area contributed by atoms with Crippen LogP contribution in [0.1, 0.15) is 44.4 Å². The van der Waals surface area contributed by atoms with Gasteiger partial charge in [-0.1, -0.05) is 59.1 Å². The molecule has 0 spiro atoms. The van der Waals surface area contributed by atoms with Crippen LogP contribution in [-0.2, 0) is 26.2 Å². The van der Waals surface area contributed by atoms with Crippen molar-refractivity contribution in [3.8, 4) is 0 Å². The van der Waals surface area contributed by atoms with Crippen LogP contribution in [0, 0.1) is 13.8 Å². The summed E-state index contributed by atoms with van der Waals surface area (Å²) < 4.78 is 28.8. The minimum Gasteiger partial charge on any atom is -0.350 e. The zero-order valence-electron chi connectivity index (χ0n) is 23.2. The lowest BCUT2D eigenvalue weighted by atomic mass is 10.1. The number of rotatable bonds is 9. The van der Waals surface area contributed by atoms with Gasteiger partial charge in [-0.25, -0.2) is 8.42 Å². The SMILES string of the molecule is Cc1ccc(N(CC(=O)N(Cc2ccc(Cl)cc2)[C@H](C)C(=O)NC(C)(C)C)S(=O)(=O)c2ccc(C)cc2)cc1. The fraction of sp³-hybridized carbons (Fsp3) is 0.333. The molecule has 0 saturated heterocycles. The first-order valence-corrected chi connectivity index (χ1v) is 14.5. The number of hydrogen-bond donors (Lipinski definition) is 1. The van der Waals surface area contributed by atoms with Crippen LogP contribution in [0.4, 0.5) is 5.69 Å². The monoisotopic (exact) mass is 569 g/mol. The van der Waals surface area contributed by atoms with Gasteiger partial charge >= 0.3 is 0 Å². The second kappa shape index (κ2) is 12.2. The standard InChI is InChI=1S/C30H36ClN3O4S/c1-21-7-15-26(16-8-21)34(39(37,38)27-17-9-22(2)10-18-27)20-28(35)33(19-24-11-13-25(31)14-12-24)23(3)29(36)32-30(4,5)6/h7-18,23H,19-20H2,1-6H3,(H,32,36)/t23-/m1/s1. The van der Waals surface area contributed by atoms with Gasteiger partial charge in [0.25, 0.3) is 10.0 Å². The maximum atomic E-state index is 13.9. The maximum absolute atomic E-state index is 13.9. The van der Waals surface area contributed by atoms with Gasteiger partial charge in [-0.3, -0.25) is 13.9 Å². The predicted octanol–water partition coefficient (Wildman–Crippen LogP) is 5.48. The molecule has 3 aromatic carbocycles. The summed E-state index contributed by atoms with van der Waals surface area (Å²) in [5.74, 6) is -0.856. The van der Waals surface area contributed by atoms with E-state index in [9.17, 15) is 18.0 Å². The van der Waals surface area contributed by atoms with E-state index in [0.717, 1.165) is 21.0 Å². The lowest BCUT2D eigenvalue weighted by molar-refractivity contribution is -0.140. The molecule has 3 rings (SSSR count). The highest BCUT2D eigenvalue weighted by molar-refractivity contribution is 7.92. The summed E-state index contributed by atoms with van der Waals surface area (Å²) in [4.78, 5) is 28.5. The fourth-order valence-corrected chi connectivity index (χ4v) is 5.46. The number of anilines is 1. The van der Waals surface area contributed by atoms with Crippen LogP contribution >= 0.6 is 11.6 Å². The van der Waals surface area contributed by atoms with Crippen molar-refractivity contribution in [1.29, 1.82) is 0 Å². The third-order valence-electron chi connectivity index (χ3n) is 6.14. The number of aryl methyl sites for hydroxylation is 2.